The van der Waals surface area contributed by atoms with Gasteiger partial charge in [0.1, 0.15) is 12.4 Å². The molecule has 0 aliphatic heterocycles. The molecule has 0 spiro atoms. The minimum Gasteiger partial charge on any atom is -0.488 e. The number of benzene rings is 2. The zero-order chi connectivity index (χ0) is 15.4. The number of para-hydroxylation sites is 1. The molecule has 0 atom stereocenters. The first-order valence-electron chi connectivity index (χ1n) is 6.10. The maximum Gasteiger partial charge on any atom is 0.276 e. The maximum absolute atomic E-state index is 10.9. The van der Waals surface area contributed by atoms with Gasteiger partial charge < -0.3 is 4.74 Å². The van der Waals surface area contributed by atoms with Crippen molar-refractivity contribution < 1.29 is 14.6 Å². The number of hydrogen-bond acceptors (Lipinski definition) is 5. The second kappa shape index (κ2) is 6.00. The number of nitro benzene ring substituents is 2. The van der Waals surface area contributed by atoms with Gasteiger partial charge >= 0.3 is 0 Å². The highest BCUT2D eigenvalue weighted by Crippen LogP contribution is 2.28. The summed E-state index contributed by atoms with van der Waals surface area (Å²) in [5, 5.41) is 21.8. The molecule has 0 N–H and O–H groups in total. The molecule has 2 aromatic rings. The van der Waals surface area contributed by atoms with Crippen molar-refractivity contribution in [3.05, 3.63) is 73.8 Å². The van der Waals surface area contributed by atoms with Crippen LogP contribution in [0.15, 0.2) is 42.5 Å². The van der Waals surface area contributed by atoms with Gasteiger partial charge in [-0.1, -0.05) is 18.2 Å². The fraction of sp³-hybridized carbons (Fsp3) is 0.143. The molecule has 2 aromatic carbocycles. The normalized spacial score (nSPS) is 10.1. The van der Waals surface area contributed by atoms with Crippen LogP contribution in [0.1, 0.15) is 11.1 Å². The van der Waals surface area contributed by atoms with Crippen molar-refractivity contribution >= 4 is 11.4 Å². The van der Waals surface area contributed by atoms with Gasteiger partial charge in [0.25, 0.3) is 11.4 Å². The van der Waals surface area contributed by atoms with E-state index < -0.39 is 9.85 Å². The Hall–Kier alpha value is -2.96. The fourth-order valence-corrected chi connectivity index (χ4v) is 1.92. The van der Waals surface area contributed by atoms with Gasteiger partial charge in [0.05, 0.1) is 21.0 Å². The number of nitrogens with zero attached hydrogens (tertiary/aromatic N) is 2. The van der Waals surface area contributed by atoms with Crippen LogP contribution in [0.4, 0.5) is 11.4 Å². The summed E-state index contributed by atoms with van der Waals surface area (Å²) in [5.41, 5.74) is 0.713. The zero-order valence-corrected chi connectivity index (χ0v) is 11.2. The number of rotatable bonds is 5. The van der Waals surface area contributed by atoms with Crippen LogP contribution in [0.25, 0.3) is 0 Å². The summed E-state index contributed by atoms with van der Waals surface area (Å²) in [6.07, 6.45) is 0. The molecule has 0 heterocycles. The Morgan fingerprint density at radius 3 is 2.24 bits per heavy atom. The predicted octanol–water partition coefficient (Wildman–Crippen LogP) is 3.39. The molecule has 7 nitrogen and oxygen atoms in total. The third kappa shape index (κ3) is 3.14. The first kappa shape index (κ1) is 14.4. The van der Waals surface area contributed by atoms with Crippen molar-refractivity contribution in [1.82, 2.24) is 0 Å². The molecule has 0 aromatic heterocycles. The van der Waals surface area contributed by atoms with Gasteiger partial charge in [-0.05, 0) is 19.1 Å². The van der Waals surface area contributed by atoms with Gasteiger partial charge in [-0.15, -0.1) is 0 Å². The van der Waals surface area contributed by atoms with E-state index in [0.717, 1.165) is 0 Å². The highest BCUT2D eigenvalue weighted by atomic mass is 16.6. The third-order valence-corrected chi connectivity index (χ3v) is 3.02. The number of hydrogen-bond donors (Lipinski definition) is 0. The molecule has 0 fully saturated rings. The van der Waals surface area contributed by atoms with E-state index in [9.17, 15) is 20.2 Å². The summed E-state index contributed by atoms with van der Waals surface area (Å²) in [6.45, 7) is 1.55. The molecular formula is C14H12N2O5. The first-order chi connectivity index (χ1) is 10.0. The van der Waals surface area contributed by atoms with E-state index in [0.29, 0.717) is 16.9 Å². The highest BCUT2D eigenvalue weighted by Gasteiger charge is 2.16. The summed E-state index contributed by atoms with van der Waals surface area (Å²) in [5.74, 6) is 0.336. The van der Waals surface area contributed by atoms with E-state index in [4.69, 9.17) is 4.74 Å². The zero-order valence-electron chi connectivity index (χ0n) is 11.2. The fourth-order valence-electron chi connectivity index (χ4n) is 1.92. The van der Waals surface area contributed by atoms with Crippen LogP contribution in [0.5, 0.6) is 5.75 Å². The van der Waals surface area contributed by atoms with E-state index in [-0.39, 0.29) is 18.0 Å². The van der Waals surface area contributed by atoms with Crippen LogP contribution >= 0.6 is 0 Å². The van der Waals surface area contributed by atoms with E-state index in [1.54, 1.807) is 31.2 Å². The van der Waals surface area contributed by atoms with E-state index in [1.165, 1.54) is 18.2 Å². The smallest absolute Gasteiger partial charge is 0.276 e. The Labute approximate surface area is 120 Å². The quantitative estimate of drug-likeness (QED) is 0.620. The molecule has 0 unspecified atom stereocenters. The third-order valence-electron chi connectivity index (χ3n) is 3.02. The van der Waals surface area contributed by atoms with Gasteiger partial charge in [-0.2, -0.15) is 0 Å². The molecule has 0 aliphatic rings. The van der Waals surface area contributed by atoms with Crippen molar-refractivity contribution in [3.63, 3.8) is 0 Å². The summed E-state index contributed by atoms with van der Waals surface area (Å²) >= 11 is 0. The topological polar surface area (TPSA) is 95.5 Å². The van der Waals surface area contributed by atoms with Crippen molar-refractivity contribution in [2.45, 2.75) is 13.5 Å². The number of ether oxygens (including phenoxy) is 1. The summed E-state index contributed by atoms with van der Waals surface area (Å²) in [4.78, 5) is 20.8. The van der Waals surface area contributed by atoms with Gasteiger partial charge in [-0.25, -0.2) is 0 Å². The van der Waals surface area contributed by atoms with Crippen LogP contribution in [0, 0.1) is 27.2 Å². The monoisotopic (exact) mass is 288 g/mol. The lowest BCUT2D eigenvalue weighted by Crippen LogP contribution is -2.02. The SMILES string of the molecule is Cc1c(OCc2ccccc2[N+](=O)[O-])cccc1[N+](=O)[O-]. The molecule has 2 rings (SSSR count). The molecule has 0 bridgehead atoms. The van der Waals surface area contributed by atoms with Crippen LogP contribution in [-0.4, -0.2) is 9.85 Å². The Bertz CT molecular complexity index is 700. The van der Waals surface area contributed by atoms with Gasteiger partial charge in [0.15, 0.2) is 0 Å². The Morgan fingerprint density at radius 1 is 0.952 bits per heavy atom. The van der Waals surface area contributed by atoms with Crippen molar-refractivity contribution in [3.8, 4) is 5.75 Å². The van der Waals surface area contributed by atoms with Crippen molar-refractivity contribution in [1.29, 1.82) is 0 Å². The molecular weight excluding hydrogens is 276 g/mol. The van der Waals surface area contributed by atoms with Crippen molar-refractivity contribution in [2.24, 2.45) is 0 Å². The van der Waals surface area contributed by atoms with Gasteiger partial charge in [0, 0.05) is 12.1 Å². The van der Waals surface area contributed by atoms with E-state index in [1.807, 2.05) is 0 Å². The summed E-state index contributed by atoms with van der Waals surface area (Å²) < 4.78 is 5.50. The number of nitro groups is 2. The minimum atomic E-state index is -0.493. The average Bonchev–Trinajstić information content (AvgIpc) is 2.46. The van der Waals surface area contributed by atoms with E-state index >= 15 is 0 Å². The molecule has 0 radical (unpaired) electrons. The summed E-state index contributed by atoms with van der Waals surface area (Å²) in [6, 6.07) is 10.7. The lowest BCUT2D eigenvalue weighted by Gasteiger charge is -2.09. The molecule has 0 amide bonds. The molecule has 108 valence electrons. The second-order valence-electron chi connectivity index (χ2n) is 4.33. The predicted molar refractivity (Wildman–Crippen MR) is 75.3 cm³/mol. The van der Waals surface area contributed by atoms with Gasteiger partial charge in [0.2, 0.25) is 0 Å². The summed E-state index contributed by atoms with van der Waals surface area (Å²) in [7, 11) is 0. The minimum absolute atomic E-state index is 0.0286. The van der Waals surface area contributed by atoms with Crippen LogP contribution < -0.4 is 4.74 Å². The average molecular weight is 288 g/mol. The first-order valence-corrected chi connectivity index (χ1v) is 6.10. The lowest BCUT2D eigenvalue weighted by molar-refractivity contribution is -0.385. The molecule has 21 heavy (non-hydrogen) atoms. The Morgan fingerprint density at radius 2 is 1.57 bits per heavy atom. The largest absolute Gasteiger partial charge is 0.488 e. The maximum atomic E-state index is 10.9. The van der Waals surface area contributed by atoms with Gasteiger partial charge in [-0.3, -0.25) is 20.2 Å². The Balaban J connectivity index is 2.23. The standard InChI is InChI=1S/C14H12N2O5/c1-10-12(15(17)18)7-4-8-14(10)21-9-11-5-2-3-6-13(11)16(19)20/h2-8H,9H2,1H3. The highest BCUT2D eigenvalue weighted by molar-refractivity contribution is 5.48. The van der Waals surface area contributed by atoms with Crippen LogP contribution in [-0.2, 0) is 6.61 Å². The lowest BCUT2D eigenvalue weighted by atomic mass is 10.1. The van der Waals surface area contributed by atoms with E-state index in [2.05, 4.69) is 0 Å². The molecule has 7 heteroatoms. The molecule has 0 saturated heterocycles. The Kier molecular flexibility index (Phi) is 4.13. The van der Waals surface area contributed by atoms with Crippen LogP contribution in [0.2, 0.25) is 0 Å². The van der Waals surface area contributed by atoms with Crippen LogP contribution in [0.3, 0.4) is 0 Å². The van der Waals surface area contributed by atoms with Crippen molar-refractivity contribution in [2.75, 3.05) is 0 Å². The second-order valence-corrected chi connectivity index (χ2v) is 4.33. The molecule has 0 aliphatic carbocycles. The molecule has 0 saturated carbocycles.